The van der Waals surface area contributed by atoms with E-state index in [1.165, 1.54) is 0 Å². The van der Waals surface area contributed by atoms with Gasteiger partial charge in [-0.05, 0) is 56.5 Å². The van der Waals surface area contributed by atoms with Gasteiger partial charge < -0.3 is 4.90 Å². The minimum Gasteiger partial charge on any atom is -0.341 e. The van der Waals surface area contributed by atoms with E-state index in [1.54, 1.807) is 0 Å². The van der Waals surface area contributed by atoms with Crippen molar-refractivity contribution in [1.29, 1.82) is 5.26 Å². The van der Waals surface area contributed by atoms with Gasteiger partial charge in [0.05, 0.1) is 24.3 Å². The SMILES string of the molecule is Cc1ccnc(N2CCC(c3nnc4n3-c3ccc(Cl)cc3CN(C(C)C#N)C4)CC2)n1. The second-order valence-electron chi connectivity index (χ2n) is 8.55. The molecule has 3 aromatic rings. The summed E-state index contributed by atoms with van der Waals surface area (Å²) in [5.74, 6) is 2.94. The Hall–Kier alpha value is -3.02. The molecule has 9 heteroatoms. The summed E-state index contributed by atoms with van der Waals surface area (Å²) >= 11 is 6.32. The van der Waals surface area contributed by atoms with Crippen LogP contribution in [0.4, 0.5) is 5.95 Å². The van der Waals surface area contributed by atoms with Gasteiger partial charge >= 0.3 is 0 Å². The highest BCUT2D eigenvalue weighted by Gasteiger charge is 2.31. The molecule has 8 nitrogen and oxygen atoms in total. The van der Waals surface area contributed by atoms with Crippen molar-refractivity contribution in [2.24, 2.45) is 0 Å². The molecular formula is C23H25ClN8. The summed E-state index contributed by atoms with van der Waals surface area (Å²) in [6.45, 7) is 6.88. The smallest absolute Gasteiger partial charge is 0.225 e. The highest BCUT2D eigenvalue weighted by molar-refractivity contribution is 6.30. The zero-order valence-corrected chi connectivity index (χ0v) is 19.0. The minimum absolute atomic E-state index is 0.230. The Morgan fingerprint density at radius 1 is 1.16 bits per heavy atom. The van der Waals surface area contributed by atoms with E-state index in [4.69, 9.17) is 11.6 Å². The van der Waals surface area contributed by atoms with Crippen LogP contribution in [0.2, 0.25) is 5.02 Å². The van der Waals surface area contributed by atoms with Gasteiger partial charge in [0.2, 0.25) is 5.95 Å². The summed E-state index contributed by atoms with van der Waals surface area (Å²) in [5, 5.41) is 19.4. The van der Waals surface area contributed by atoms with Crippen LogP contribution < -0.4 is 4.90 Å². The lowest BCUT2D eigenvalue weighted by molar-refractivity contribution is 0.225. The van der Waals surface area contributed by atoms with Crippen LogP contribution >= 0.6 is 11.6 Å². The second-order valence-corrected chi connectivity index (χ2v) is 8.99. The molecule has 1 atom stereocenters. The molecule has 1 saturated heterocycles. The molecule has 1 aromatic carbocycles. The molecule has 0 bridgehead atoms. The van der Waals surface area contributed by atoms with Crippen LogP contribution in [0, 0.1) is 18.3 Å². The first-order valence-corrected chi connectivity index (χ1v) is 11.3. The number of benzene rings is 1. The van der Waals surface area contributed by atoms with Crippen molar-refractivity contribution < 1.29 is 0 Å². The summed E-state index contributed by atoms with van der Waals surface area (Å²) in [6, 6.07) is 9.99. The van der Waals surface area contributed by atoms with Crippen molar-refractivity contribution in [3.05, 3.63) is 58.4 Å². The lowest BCUT2D eigenvalue weighted by atomic mass is 9.95. The average Bonchev–Trinajstić information content (AvgIpc) is 3.14. The Morgan fingerprint density at radius 2 is 1.97 bits per heavy atom. The van der Waals surface area contributed by atoms with Crippen molar-refractivity contribution in [3.63, 3.8) is 0 Å². The normalized spacial score (nSPS) is 17.9. The predicted octanol–water partition coefficient (Wildman–Crippen LogP) is 3.63. The molecule has 1 unspecified atom stereocenters. The van der Waals surface area contributed by atoms with Gasteiger partial charge in [-0.25, -0.2) is 9.97 Å². The molecule has 0 amide bonds. The average molecular weight is 449 g/mol. The maximum atomic E-state index is 9.50. The molecule has 0 aliphatic carbocycles. The van der Waals surface area contributed by atoms with Crippen LogP contribution in [-0.4, -0.2) is 48.8 Å². The van der Waals surface area contributed by atoms with E-state index >= 15 is 0 Å². The third-order valence-corrected chi connectivity index (χ3v) is 6.65. The molecule has 2 aliphatic heterocycles. The molecule has 4 heterocycles. The zero-order chi connectivity index (χ0) is 22.2. The molecule has 32 heavy (non-hydrogen) atoms. The lowest BCUT2D eigenvalue weighted by Crippen LogP contribution is -2.35. The fourth-order valence-electron chi connectivity index (χ4n) is 4.60. The van der Waals surface area contributed by atoms with Gasteiger partial charge in [0, 0.05) is 42.5 Å². The highest BCUT2D eigenvalue weighted by atomic mass is 35.5. The van der Waals surface area contributed by atoms with E-state index in [0.717, 1.165) is 60.5 Å². The van der Waals surface area contributed by atoms with E-state index in [9.17, 15) is 5.26 Å². The standard InChI is InChI=1S/C23H25ClN8/c1-15-5-8-26-23(27-15)30-9-6-17(7-10-30)22-29-28-21-14-31(16(2)12-25)13-18-11-19(24)3-4-20(18)32(21)22/h3-5,8,11,16-17H,6-7,9-10,13-14H2,1-2H3. The maximum Gasteiger partial charge on any atom is 0.225 e. The van der Waals surface area contributed by atoms with Gasteiger partial charge in [-0.15, -0.1) is 10.2 Å². The van der Waals surface area contributed by atoms with Crippen molar-refractivity contribution in [3.8, 4) is 11.8 Å². The van der Waals surface area contributed by atoms with Crippen molar-refractivity contribution in [1.82, 2.24) is 29.6 Å². The number of anilines is 1. The van der Waals surface area contributed by atoms with E-state index in [1.807, 2.05) is 44.3 Å². The monoisotopic (exact) mass is 448 g/mol. The molecule has 0 spiro atoms. The van der Waals surface area contributed by atoms with Gasteiger partial charge in [0.15, 0.2) is 5.82 Å². The number of nitriles is 1. The zero-order valence-electron chi connectivity index (χ0n) is 18.2. The van der Waals surface area contributed by atoms with E-state index in [2.05, 4.69) is 40.6 Å². The number of halogens is 1. The molecule has 1 fully saturated rings. The Labute approximate surface area is 192 Å². The molecule has 0 radical (unpaired) electrons. The Kier molecular flexibility index (Phi) is 5.53. The van der Waals surface area contributed by atoms with Crippen LogP contribution in [0.1, 0.15) is 48.6 Å². The van der Waals surface area contributed by atoms with Crippen molar-refractivity contribution in [2.45, 2.75) is 51.7 Å². The molecule has 2 aromatic heterocycles. The quantitative estimate of drug-likeness (QED) is 0.604. The van der Waals surface area contributed by atoms with E-state index in [-0.39, 0.29) is 6.04 Å². The fourth-order valence-corrected chi connectivity index (χ4v) is 4.79. The largest absolute Gasteiger partial charge is 0.341 e. The van der Waals surface area contributed by atoms with Gasteiger partial charge in [0.1, 0.15) is 5.82 Å². The fraction of sp³-hybridized carbons (Fsp3) is 0.435. The summed E-state index contributed by atoms with van der Waals surface area (Å²) in [5.41, 5.74) is 3.12. The molecule has 0 N–H and O–H groups in total. The summed E-state index contributed by atoms with van der Waals surface area (Å²) in [4.78, 5) is 13.4. The highest BCUT2D eigenvalue weighted by Crippen LogP contribution is 2.34. The third kappa shape index (κ3) is 3.83. The number of fused-ring (bicyclic) bond motifs is 3. The summed E-state index contributed by atoms with van der Waals surface area (Å²) in [6.07, 6.45) is 3.73. The Bertz CT molecular complexity index is 1170. The first kappa shape index (κ1) is 20.9. The minimum atomic E-state index is -0.230. The van der Waals surface area contributed by atoms with Crippen molar-refractivity contribution >= 4 is 17.5 Å². The Balaban J connectivity index is 1.46. The van der Waals surface area contributed by atoms with Gasteiger partial charge in [0.25, 0.3) is 0 Å². The molecule has 2 aliphatic rings. The molecule has 164 valence electrons. The van der Waals surface area contributed by atoms with Crippen LogP contribution in [0.25, 0.3) is 5.69 Å². The van der Waals surface area contributed by atoms with E-state index < -0.39 is 0 Å². The number of aromatic nitrogens is 5. The molecule has 0 saturated carbocycles. The third-order valence-electron chi connectivity index (χ3n) is 6.42. The summed E-state index contributed by atoms with van der Waals surface area (Å²) in [7, 11) is 0. The van der Waals surface area contributed by atoms with Crippen LogP contribution in [0.3, 0.4) is 0 Å². The second kappa shape index (κ2) is 8.49. The number of piperidine rings is 1. The number of hydrogen-bond acceptors (Lipinski definition) is 7. The van der Waals surface area contributed by atoms with Gasteiger partial charge in [-0.2, -0.15) is 5.26 Å². The van der Waals surface area contributed by atoms with Crippen molar-refractivity contribution in [2.75, 3.05) is 18.0 Å². The number of aryl methyl sites for hydroxylation is 1. The summed E-state index contributed by atoms with van der Waals surface area (Å²) < 4.78 is 2.19. The van der Waals surface area contributed by atoms with Crippen LogP contribution in [0.5, 0.6) is 0 Å². The number of nitrogens with zero attached hydrogens (tertiary/aromatic N) is 8. The predicted molar refractivity (Wildman–Crippen MR) is 122 cm³/mol. The molecular weight excluding hydrogens is 424 g/mol. The van der Waals surface area contributed by atoms with E-state index in [0.29, 0.717) is 24.0 Å². The number of hydrogen-bond donors (Lipinski definition) is 0. The van der Waals surface area contributed by atoms with Crippen LogP contribution in [0.15, 0.2) is 30.5 Å². The topological polar surface area (TPSA) is 86.8 Å². The molecule has 5 rings (SSSR count). The first-order valence-electron chi connectivity index (χ1n) is 10.9. The first-order chi connectivity index (χ1) is 15.5. The van der Waals surface area contributed by atoms with Gasteiger partial charge in [-0.3, -0.25) is 9.47 Å². The maximum absolute atomic E-state index is 9.50. The Morgan fingerprint density at radius 3 is 2.72 bits per heavy atom. The van der Waals surface area contributed by atoms with Crippen LogP contribution in [-0.2, 0) is 13.1 Å². The lowest BCUT2D eigenvalue weighted by Gasteiger charge is -2.31. The number of rotatable bonds is 3. The van der Waals surface area contributed by atoms with Gasteiger partial charge in [-0.1, -0.05) is 11.6 Å².